The maximum absolute atomic E-state index is 5.95. The van der Waals surface area contributed by atoms with Gasteiger partial charge in [-0.2, -0.15) is 0 Å². The molecule has 3 nitrogen and oxygen atoms in total. The molecule has 2 aliphatic rings. The minimum absolute atomic E-state index is 0.378. The van der Waals surface area contributed by atoms with Crippen molar-refractivity contribution in [1.82, 2.24) is 9.80 Å². The summed E-state index contributed by atoms with van der Waals surface area (Å²) in [6.07, 6.45) is 5.47. The van der Waals surface area contributed by atoms with E-state index in [2.05, 4.69) is 16.7 Å². The lowest BCUT2D eigenvalue weighted by Gasteiger charge is -2.20. The largest absolute Gasteiger partial charge is 0.328 e. The third-order valence-corrected chi connectivity index (χ3v) is 4.20. The van der Waals surface area contributed by atoms with Gasteiger partial charge in [-0.3, -0.25) is 0 Å². The van der Waals surface area contributed by atoms with Crippen LogP contribution in [0.1, 0.15) is 32.6 Å². The van der Waals surface area contributed by atoms with E-state index in [1.165, 1.54) is 65.0 Å². The Morgan fingerprint density at radius 2 is 1.81 bits per heavy atom. The Hall–Kier alpha value is -0.120. The number of hydrogen-bond acceptors (Lipinski definition) is 3. The highest BCUT2D eigenvalue weighted by Gasteiger charge is 2.24. The first-order chi connectivity index (χ1) is 7.75. The Kier molecular flexibility index (Phi) is 4.62. The first-order valence-electron chi connectivity index (χ1n) is 6.96. The summed E-state index contributed by atoms with van der Waals surface area (Å²) < 4.78 is 0. The van der Waals surface area contributed by atoms with Gasteiger partial charge in [-0.05, 0) is 71.2 Å². The smallest absolute Gasteiger partial charge is 0.00514 e. The average Bonchev–Trinajstić information content (AvgIpc) is 2.87. The third-order valence-electron chi connectivity index (χ3n) is 4.20. The molecular weight excluding hydrogens is 198 g/mol. The quantitative estimate of drug-likeness (QED) is 0.761. The predicted octanol–water partition coefficient (Wildman–Crippen LogP) is 1.14. The minimum Gasteiger partial charge on any atom is -0.328 e. The molecule has 2 atom stereocenters. The zero-order valence-electron chi connectivity index (χ0n) is 10.7. The zero-order chi connectivity index (χ0) is 11.4. The number of nitrogens with two attached hydrogens (primary N) is 1. The lowest BCUT2D eigenvalue weighted by Crippen LogP contribution is -2.31. The molecular formula is C13H27N3. The number of hydrogen-bond donors (Lipinski definition) is 1. The van der Waals surface area contributed by atoms with Crippen LogP contribution in [0.5, 0.6) is 0 Å². The zero-order valence-corrected chi connectivity index (χ0v) is 10.7. The SMILES string of the molecule is CC(N)C1CCN(CCCN2CCCC2)C1. The fourth-order valence-corrected chi connectivity index (χ4v) is 3.02. The molecule has 2 rings (SSSR count). The van der Waals surface area contributed by atoms with Crippen molar-refractivity contribution in [2.45, 2.75) is 38.6 Å². The van der Waals surface area contributed by atoms with E-state index in [0.29, 0.717) is 6.04 Å². The maximum atomic E-state index is 5.95. The van der Waals surface area contributed by atoms with Crippen molar-refractivity contribution in [2.24, 2.45) is 11.7 Å². The van der Waals surface area contributed by atoms with Gasteiger partial charge in [-0.1, -0.05) is 0 Å². The number of likely N-dealkylation sites (tertiary alicyclic amines) is 2. The lowest BCUT2D eigenvalue weighted by molar-refractivity contribution is 0.271. The molecule has 2 heterocycles. The Morgan fingerprint density at radius 3 is 2.44 bits per heavy atom. The first kappa shape index (κ1) is 12.3. The first-order valence-corrected chi connectivity index (χ1v) is 6.96. The monoisotopic (exact) mass is 225 g/mol. The van der Waals surface area contributed by atoms with Crippen LogP contribution in [0.4, 0.5) is 0 Å². The number of rotatable bonds is 5. The summed E-state index contributed by atoms with van der Waals surface area (Å²) in [4.78, 5) is 5.21. The summed E-state index contributed by atoms with van der Waals surface area (Å²) in [5.41, 5.74) is 5.95. The van der Waals surface area contributed by atoms with Gasteiger partial charge in [0.15, 0.2) is 0 Å². The highest BCUT2D eigenvalue weighted by molar-refractivity contribution is 4.81. The minimum atomic E-state index is 0.378. The maximum Gasteiger partial charge on any atom is 0.00514 e. The van der Waals surface area contributed by atoms with E-state index in [-0.39, 0.29) is 0 Å². The van der Waals surface area contributed by atoms with Crippen molar-refractivity contribution in [3.05, 3.63) is 0 Å². The topological polar surface area (TPSA) is 32.5 Å². The van der Waals surface area contributed by atoms with Crippen LogP contribution in [-0.2, 0) is 0 Å². The molecule has 0 aromatic rings. The van der Waals surface area contributed by atoms with Gasteiger partial charge in [0.1, 0.15) is 0 Å². The van der Waals surface area contributed by atoms with Crippen molar-refractivity contribution in [2.75, 3.05) is 39.3 Å². The van der Waals surface area contributed by atoms with Crippen LogP contribution < -0.4 is 5.73 Å². The molecule has 0 bridgehead atoms. The molecule has 0 radical (unpaired) electrons. The summed E-state index contributed by atoms with van der Waals surface area (Å²) >= 11 is 0. The normalized spacial score (nSPS) is 30.0. The van der Waals surface area contributed by atoms with Gasteiger partial charge in [0.25, 0.3) is 0 Å². The van der Waals surface area contributed by atoms with Crippen LogP contribution in [-0.4, -0.2) is 55.1 Å². The molecule has 3 heteroatoms. The fraction of sp³-hybridized carbons (Fsp3) is 1.00. The molecule has 2 fully saturated rings. The molecule has 2 N–H and O–H groups in total. The van der Waals surface area contributed by atoms with Gasteiger partial charge < -0.3 is 15.5 Å². The second-order valence-corrected chi connectivity index (χ2v) is 5.61. The van der Waals surface area contributed by atoms with E-state index < -0.39 is 0 Å². The second-order valence-electron chi connectivity index (χ2n) is 5.61. The molecule has 0 spiro atoms. The number of nitrogens with zero attached hydrogens (tertiary/aromatic N) is 2. The molecule has 0 aromatic heterocycles. The van der Waals surface area contributed by atoms with Crippen molar-refractivity contribution >= 4 is 0 Å². The van der Waals surface area contributed by atoms with Crippen LogP contribution in [0.3, 0.4) is 0 Å². The van der Waals surface area contributed by atoms with Gasteiger partial charge in [0, 0.05) is 12.6 Å². The van der Waals surface area contributed by atoms with Crippen molar-refractivity contribution in [1.29, 1.82) is 0 Å². The Morgan fingerprint density at radius 1 is 1.12 bits per heavy atom. The Balaban J connectivity index is 1.57. The van der Waals surface area contributed by atoms with Gasteiger partial charge >= 0.3 is 0 Å². The molecule has 2 aliphatic heterocycles. The van der Waals surface area contributed by atoms with Gasteiger partial charge in [-0.25, -0.2) is 0 Å². The molecule has 0 saturated carbocycles. The van der Waals surface area contributed by atoms with Crippen LogP contribution in [0, 0.1) is 5.92 Å². The van der Waals surface area contributed by atoms with Crippen molar-refractivity contribution in [3.63, 3.8) is 0 Å². The summed E-state index contributed by atoms with van der Waals surface area (Å²) in [5.74, 6) is 0.742. The molecule has 2 saturated heterocycles. The van der Waals surface area contributed by atoms with Gasteiger partial charge in [0.05, 0.1) is 0 Å². The molecule has 2 unspecified atom stereocenters. The van der Waals surface area contributed by atoms with E-state index in [4.69, 9.17) is 5.73 Å². The van der Waals surface area contributed by atoms with Crippen LogP contribution in [0.2, 0.25) is 0 Å². The lowest BCUT2D eigenvalue weighted by atomic mass is 10.0. The second kappa shape index (κ2) is 5.99. The average molecular weight is 225 g/mol. The fourth-order valence-electron chi connectivity index (χ4n) is 3.02. The molecule has 0 amide bonds. The van der Waals surface area contributed by atoms with Crippen LogP contribution in [0.15, 0.2) is 0 Å². The molecule has 16 heavy (non-hydrogen) atoms. The standard InChI is InChI=1S/C13H27N3/c1-12(14)13-5-10-16(11-13)9-4-8-15-6-2-3-7-15/h12-13H,2-11,14H2,1H3. The highest BCUT2D eigenvalue weighted by Crippen LogP contribution is 2.18. The van der Waals surface area contributed by atoms with Gasteiger partial charge in [-0.15, -0.1) is 0 Å². The van der Waals surface area contributed by atoms with E-state index in [9.17, 15) is 0 Å². The molecule has 94 valence electrons. The summed E-state index contributed by atoms with van der Waals surface area (Å²) in [5, 5.41) is 0. The Labute approximate surface area is 100.0 Å². The van der Waals surface area contributed by atoms with Gasteiger partial charge in [0.2, 0.25) is 0 Å². The van der Waals surface area contributed by atoms with E-state index in [0.717, 1.165) is 5.92 Å². The summed E-state index contributed by atoms with van der Waals surface area (Å²) in [6.45, 7) is 9.91. The third kappa shape index (κ3) is 3.44. The van der Waals surface area contributed by atoms with E-state index in [1.54, 1.807) is 0 Å². The Bertz CT molecular complexity index is 199. The van der Waals surface area contributed by atoms with Crippen molar-refractivity contribution < 1.29 is 0 Å². The van der Waals surface area contributed by atoms with Crippen LogP contribution >= 0.6 is 0 Å². The summed E-state index contributed by atoms with van der Waals surface area (Å²) in [7, 11) is 0. The van der Waals surface area contributed by atoms with Crippen molar-refractivity contribution in [3.8, 4) is 0 Å². The van der Waals surface area contributed by atoms with E-state index in [1.807, 2.05) is 0 Å². The van der Waals surface area contributed by atoms with E-state index >= 15 is 0 Å². The highest BCUT2D eigenvalue weighted by atomic mass is 15.2. The molecule has 0 aromatic carbocycles. The van der Waals surface area contributed by atoms with Crippen LogP contribution in [0.25, 0.3) is 0 Å². The predicted molar refractivity (Wildman–Crippen MR) is 68.5 cm³/mol. The molecule has 0 aliphatic carbocycles. The summed E-state index contributed by atoms with van der Waals surface area (Å²) in [6, 6.07) is 0.378.